The molecule has 2 aliphatic heterocycles. The largest absolute Gasteiger partial charge is 0.477 e. The van der Waals surface area contributed by atoms with Crippen molar-refractivity contribution in [2.75, 3.05) is 31.1 Å². The van der Waals surface area contributed by atoms with Crippen LogP contribution in [0.1, 0.15) is 24.0 Å². The molecule has 0 radical (unpaired) electrons. The zero-order valence-electron chi connectivity index (χ0n) is 22.0. The maximum atomic E-state index is 13.7. The molecule has 0 bridgehead atoms. The van der Waals surface area contributed by atoms with E-state index in [1.807, 2.05) is 55.5 Å². The molecule has 0 spiro atoms. The Bertz CT molecular complexity index is 1420. The molecule has 1 fully saturated rings. The summed E-state index contributed by atoms with van der Waals surface area (Å²) in [6.07, 6.45) is 0.693. The smallest absolute Gasteiger partial charge is 0.262 e. The van der Waals surface area contributed by atoms with Crippen molar-refractivity contribution in [2.24, 2.45) is 5.92 Å². The monoisotopic (exact) mass is 547 g/mol. The SMILES string of the molecule is Cc1ccc(S(=O)(=O)N2CCC(C(=O)N3C[C@@H](C(=O)NCCc4ccccc4)Oc4ccccc43)CC2)cc1. The lowest BCUT2D eigenvalue weighted by Gasteiger charge is -2.38. The molecule has 0 aliphatic carbocycles. The highest BCUT2D eigenvalue weighted by Crippen LogP contribution is 2.35. The molecule has 2 aliphatic rings. The number of benzene rings is 3. The van der Waals surface area contributed by atoms with E-state index in [0.717, 1.165) is 11.1 Å². The third-order valence-corrected chi connectivity index (χ3v) is 9.26. The standard InChI is InChI=1S/C30H33N3O5S/c1-22-11-13-25(14-12-22)39(36,37)32-19-16-24(17-20-32)30(35)33-21-28(38-27-10-6-5-9-26(27)33)29(34)31-18-15-23-7-3-2-4-8-23/h2-14,24,28H,15-21H2,1H3,(H,31,34)/t28-/m0/s1. The number of rotatable bonds is 7. The van der Waals surface area contributed by atoms with Gasteiger partial charge in [-0.2, -0.15) is 4.31 Å². The highest BCUT2D eigenvalue weighted by atomic mass is 32.2. The van der Waals surface area contributed by atoms with Crippen LogP contribution in [-0.2, 0) is 26.0 Å². The highest BCUT2D eigenvalue weighted by Gasteiger charge is 2.39. The summed E-state index contributed by atoms with van der Waals surface area (Å²) < 4.78 is 33.7. The summed E-state index contributed by atoms with van der Waals surface area (Å²) >= 11 is 0. The topological polar surface area (TPSA) is 96.0 Å². The Morgan fingerprint density at radius 3 is 2.31 bits per heavy atom. The van der Waals surface area contributed by atoms with Crippen LogP contribution in [0.15, 0.2) is 83.8 Å². The molecule has 204 valence electrons. The summed E-state index contributed by atoms with van der Waals surface area (Å²) in [5.41, 5.74) is 2.75. The number of nitrogens with one attached hydrogen (secondary N) is 1. The van der Waals surface area contributed by atoms with Gasteiger partial charge in [0, 0.05) is 25.6 Å². The molecule has 3 aromatic rings. The van der Waals surface area contributed by atoms with Gasteiger partial charge in [-0.3, -0.25) is 9.59 Å². The lowest BCUT2D eigenvalue weighted by molar-refractivity contribution is -0.129. The van der Waals surface area contributed by atoms with Gasteiger partial charge in [-0.1, -0.05) is 60.2 Å². The molecule has 0 unspecified atom stereocenters. The molecular formula is C30H33N3O5S. The van der Waals surface area contributed by atoms with Crippen LogP contribution in [-0.4, -0.2) is 56.8 Å². The van der Waals surface area contributed by atoms with Crippen LogP contribution in [0.5, 0.6) is 5.75 Å². The average molecular weight is 548 g/mol. The van der Waals surface area contributed by atoms with Crippen LogP contribution < -0.4 is 15.0 Å². The number of carbonyl (C=O) groups excluding carboxylic acids is 2. The molecule has 2 amide bonds. The Morgan fingerprint density at radius 2 is 1.59 bits per heavy atom. The van der Waals surface area contributed by atoms with Gasteiger partial charge < -0.3 is 15.0 Å². The highest BCUT2D eigenvalue weighted by molar-refractivity contribution is 7.89. The summed E-state index contributed by atoms with van der Waals surface area (Å²) in [5.74, 6) is -0.237. The Morgan fingerprint density at radius 1 is 0.923 bits per heavy atom. The van der Waals surface area contributed by atoms with Crippen LogP contribution in [0.3, 0.4) is 0 Å². The second-order valence-corrected chi connectivity index (χ2v) is 12.0. The van der Waals surface area contributed by atoms with E-state index in [4.69, 9.17) is 4.74 Å². The van der Waals surface area contributed by atoms with Gasteiger partial charge in [0.15, 0.2) is 6.10 Å². The summed E-state index contributed by atoms with van der Waals surface area (Å²) in [6, 6.07) is 23.9. The number of fused-ring (bicyclic) bond motifs is 1. The Balaban J connectivity index is 1.23. The van der Waals surface area contributed by atoms with Crippen LogP contribution in [0.25, 0.3) is 0 Å². The average Bonchev–Trinajstić information content (AvgIpc) is 2.97. The maximum absolute atomic E-state index is 13.7. The second-order valence-electron chi connectivity index (χ2n) is 10.0. The van der Waals surface area contributed by atoms with E-state index in [0.29, 0.717) is 37.2 Å². The van der Waals surface area contributed by atoms with Gasteiger partial charge in [0.2, 0.25) is 15.9 Å². The minimum Gasteiger partial charge on any atom is -0.477 e. The first kappa shape index (κ1) is 26.9. The number of ether oxygens (including phenoxy) is 1. The van der Waals surface area contributed by atoms with Crippen molar-refractivity contribution >= 4 is 27.5 Å². The normalized spacial score (nSPS) is 18.2. The first-order valence-electron chi connectivity index (χ1n) is 13.3. The van der Waals surface area contributed by atoms with Gasteiger partial charge in [-0.15, -0.1) is 0 Å². The number of nitrogens with zero attached hydrogens (tertiary/aromatic N) is 2. The fraction of sp³-hybridized carbons (Fsp3) is 0.333. The fourth-order valence-corrected chi connectivity index (χ4v) is 6.56. The van der Waals surface area contributed by atoms with Crippen LogP contribution in [0.2, 0.25) is 0 Å². The molecule has 9 heteroatoms. The first-order chi connectivity index (χ1) is 18.8. The molecular weight excluding hydrogens is 514 g/mol. The summed E-state index contributed by atoms with van der Waals surface area (Å²) in [6.45, 7) is 3.02. The van der Waals surface area contributed by atoms with E-state index >= 15 is 0 Å². The number of hydrogen-bond acceptors (Lipinski definition) is 5. The van der Waals surface area contributed by atoms with Crippen molar-refractivity contribution in [1.82, 2.24) is 9.62 Å². The van der Waals surface area contributed by atoms with E-state index in [1.54, 1.807) is 35.2 Å². The van der Waals surface area contributed by atoms with E-state index in [-0.39, 0.29) is 42.3 Å². The molecule has 2 heterocycles. The van der Waals surface area contributed by atoms with Crippen molar-refractivity contribution in [2.45, 2.75) is 37.2 Å². The summed E-state index contributed by atoms with van der Waals surface area (Å²) in [4.78, 5) is 28.6. The third kappa shape index (κ3) is 5.99. The number of piperidine rings is 1. The van der Waals surface area contributed by atoms with Gasteiger partial charge in [-0.05, 0) is 56.0 Å². The Kier molecular flexibility index (Phi) is 7.99. The van der Waals surface area contributed by atoms with Crippen LogP contribution in [0, 0.1) is 12.8 Å². The first-order valence-corrected chi connectivity index (χ1v) is 14.7. The predicted molar refractivity (Wildman–Crippen MR) is 149 cm³/mol. The number of aryl methyl sites for hydroxylation is 1. The molecule has 1 saturated heterocycles. The molecule has 3 aromatic carbocycles. The van der Waals surface area contributed by atoms with Gasteiger partial charge in [0.05, 0.1) is 17.1 Å². The molecule has 1 N–H and O–H groups in total. The minimum absolute atomic E-state index is 0.106. The van der Waals surface area contributed by atoms with Crippen molar-refractivity contribution in [1.29, 1.82) is 0 Å². The number of carbonyl (C=O) groups is 2. The number of amides is 2. The van der Waals surface area contributed by atoms with E-state index in [9.17, 15) is 18.0 Å². The van der Waals surface area contributed by atoms with Gasteiger partial charge >= 0.3 is 0 Å². The quantitative estimate of drug-likeness (QED) is 0.488. The number of para-hydroxylation sites is 2. The predicted octanol–water partition coefficient (Wildman–Crippen LogP) is 3.55. The summed E-state index contributed by atoms with van der Waals surface area (Å²) in [5, 5.41) is 2.94. The van der Waals surface area contributed by atoms with Crippen molar-refractivity contribution in [3.8, 4) is 5.75 Å². The minimum atomic E-state index is -3.61. The molecule has 39 heavy (non-hydrogen) atoms. The Labute approximate surface area is 229 Å². The van der Waals surface area contributed by atoms with E-state index < -0.39 is 16.1 Å². The number of sulfonamides is 1. The van der Waals surface area contributed by atoms with Crippen molar-refractivity contribution in [3.63, 3.8) is 0 Å². The Hall–Kier alpha value is -3.69. The fourth-order valence-electron chi connectivity index (χ4n) is 5.09. The van der Waals surface area contributed by atoms with Crippen molar-refractivity contribution in [3.05, 3.63) is 90.0 Å². The zero-order valence-corrected chi connectivity index (χ0v) is 22.8. The summed E-state index contributed by atoms with van der Waals surface area (Å²) in [7, 11) is -3.61. The van der Waals surface area contributed by atoms with E-state index in [2.05, 4.69) is 5.32 Å². The van der Waals surface area contributed by atoms with Gasteiger partial charge in [-0.25, -0.2) is 8.42 Å². The maximum Gasteiger partial charge on any atom is 0.262 e. The lowest BCUT2D eigenvalue weighted by Crippen LogP contribution is -2.53. The molecule has 1 atom stereocenters. The van der Waals surface area contributed by atoms with Crippen molar-refractivity contribution < 1.29 is 22.7 Å². The molecule has 8 nitrogen and oxygen atoms in total. The van der Waals surface area contributed by atoms with Crippen LogP contribution in [0.4, 0.5) is 5.69 Å². The molecule has 5 rings (SSSR count). The second kappa shape index (κ2) is 11.6. The lowest BCUT2D eigenvalue weighted by atomic mass is 9.95. The van der Waals surface area contributed by atoms with Gasteiger partial charge in [0.25, 0.3) is 5.91 Å². The number of hydrogen-bond donors (Lipinski definition) is 1. The molecule has 0 saturated carbocycles. The third-order valence-electron chi connectivity index (χ3n) is 7.35. The van der Waals surface area contributed by atoms with Crippen LogP contribution >= 0.6 is 0 Å². The van der Waals surface area contributed by atoms with E-state index in [1.165, 1.54) is 4.31 Å². The zero-order chi connectivity index (χ0) is 27.4. The van der Waals surface area contributed by atoms with Gasteiger partial charge in [0.1, 0.15) is 5.75 Å². The molecule has 0 aromatic heterocycles. The number of anilines is 1.